The molecule has 1 aliphatic heterocycles. The van der Waals surface area contributed by atoms with E-state index in [0.29, 0.717) is 0 Å². The van der Waals surface area contributed by atoms with Crippen molar-refractivity contribution in [3.05, 3.63) is 47.7 Å². The predicted octanol–water partition coefficient (Wildman–Crippen LogP) is 4.02. The van der Waals surface area contributed by atoms with Crippen LogP contribution in [0.15, 0.2) is 42.1 Å². The van der Waals surface area contributed by atoms with Gasteiger partial charge in [0.05, 0.1) is 12.0 Å². The first-order valence-electron chi connectivity index (χ1n) is 8.47. The first-order valence-corrected chi connectivity index (χ1v) is 8.47. The summed E-state index contributed by atoms with van der Waals surface area (Å²) in [5, 5.41) is 2.22. The number of hydrogen-bond acceptors (Lipinski definition) is 3. The third-order valence-electron chi connectivity index (χ3n) is 4.52. The zero-order chi connectivity index (χ0) is 17.2. The zero-order valence-corrected chi connectivity index (χ0v) is 14.5. The Morgan fingerprint density at radius 1 is 1.08 bits per heavy atom. The Labute approximate surface area is 142 Å². The minimum Gasteiger partial charge on any atom is -0.493 e. The lowest BCUT2D eigenvalue weighted by molar-refractivity contribution is -0.125. The van der Waals surface area contributed by atoms with E-state index in [2.05, 4.69) is 36.0 Å². The molecule has 0 aliphatic carbocycles. The highest BCUT2D eigenvalue weighted by Crippen LogP contribution is 2.34. The second-order valence-corrected chi connectivity index (χ2v) is 6.66. The number of ether oxygens (including phenoxy) is 1. The highest BCUT2D eigenvalue weighted by Gasteiger charge is 2.37. The van der Waals surface area contributed by atoms with Crippen molar-refractivity contribution in [2.45, 2.75) is 33.6 Å². The Kier molecular flexibility index (Phi) is 4.47. The number of nitrogens with one attached hydrogen (secondary N) is 2. The van der Waals surface area contributed by atoms with Gasteiger partial charge in [-0.2, -0.15) is 0 Å². The second kappa shape index (κ2) is 6.56. The lowest BCUT2D eigenvalue weighted by Crippen LogP contribution is -2.28. The Morgan fingerprint density at radius 2 is 1.83 bits per heavy atom. The summed E-state index contributed by atoms with van der Waals surface area (Å²) in [6, 6.07) is 12.3. The van der Waals surface area contributed by atoms with Crippen molar-refractivity contribution < 1.29 is 9.53 Å². The van der Waals surface area contributed by atoms with Crippen LogP contribution in [0.3, 0.4) is 0 Å². The first-order chi connectivity index (χ1) is 11.5. The van der Waals surface area contributed by atoms with Gasteiger partial charge in [-0.25, -0.2) is 0 Å². The highest BCUT2D eigenvalue weighted by atomic mass is 16.5. The quantitative estimate of drug-likeness (QED) is 0.817. The molecule has 2 aromatic rings. The van der Waals surface area contributed by atoms with E-state index < -0.39 is 5.41 Å². The van der Waals surface area contributed by atoms with Crippen molar-refractivity contribution in [1.82, 2.24) is 10.9 Å². The Hall–Kier alpha value is -2.49. The van der Waals surface area contributed by atoms with E-state index in [1.165, 1.54) is 0 Å². The van der Waals surface area contributed by atoms with Crippen LogP contribution in [0.2, 0.25) is 0 Å². The van der Waals surface area contributed by atoms with Gasteiger partial charge in [0.25, 0.3) is 0 Å². The molecule has 0 radical (unpaired) electrons. The number of benzene rings is 2. The summed E-state index contributed by atoms with van der Waals surface area (Å²) in [6.07, 6.45) is 4.20. The lowest BCUT2D eigenvalue weighted by Gasteiger charge is -2.15. The fourth-order valence-corrected chi connectivity index (χ4v) is 2.80. The zero-order valence-electron chi connectivity index (χ0n) is 14.5. The maximum Gasteiger partial charge on any atom is 0.249 e. The van der Waals surface area contributed by atoms with Gasteiger partial charge >= 0.3 is 0 Å². The average molecular weight is 324 g/mol. The molecule has 4 nitrogen and oxygen atoms in total. The Bertz CT molecular complexity index is 793. The Morgan fingerprint density at radius 3 is 2.50 bits per heavy atom. The normalized spacial score (nSPS) is 17.8. The molecule has 1 aliphatic rings. The first kappa shape index (κ1) is 16.4. The van der Waals surface area contributed by atoms with E-state index in [1.807, 2.05) is 38.1 Å². The molecule has 2 N–H and O–H groups in total. The standard InChI is InChI=1S/C20H24N2O2/c1-4-5-12-24-17-11-10-14(15-8-6-7-9-16(15)17)13-18-20(2,3)19(23)22-21-18/h6-11,13,21H,4-5,12H2,1-3H3,(H,22,23)/b18-13-. The van der Waals surface area contributed by atoms with Crippen molar-refractivity contribution in [3.8, 4) is 5.75 Å². The van der Waals surface area contributed by atoms with Gasteiger partial charge in [0.15, 0.2) is 0 Å². The summed E-state index contributed by atoms with van der Waals surface area (Å²) in [6.45, 7) is 6.72. The molecule has 1 amide bonds. The van der Waals surface area contributed by atoms with E-state index in [9.17, 15) is 4.79 Å². The van der Waals surface area contributed by atoms with Crippen molar-refractivity contribution in [2.75, 3.05) is 6.61 Å². The maximum atomic E-state index is 11.9. The van der Waals surface area contributed by atoms with Gasteiger partial charge in [0.1, 0.15) is 5.75 Å². The number of carbonyl (C=O) groups is 1. The van der Waals surface area contributed by atoms with E-state index in [0.717, 1.165) is 47.2 Å². The van der Waals surface area contributed by atoms with Crippen molar-refractivity contribution in [2.24, 2.45) is 5.41 Å². The number of unbranched alkanes of at least 4 members (excludes halogenated alkanes) is 1. The average Bonchev–Trinajstić information content (AvgIpc) is 2.83. The maximum absolute atomic E-state index is 11.9. The monoisotopic (exact) mass is 324 g/mol. The molecule has 4 heteroatoms. The minimum atomic E-state index is -0.558. The lowest BCUT2D eigenvalue weighted by atomic mass is 9.88. The summed E-state index contributed by atoms with van der Waals surface area (Å²) in [7, 11) is 0. The van der Waals surface area contributed by atoms with Crippen LogP contribution in [0.25, 0.3) is 16.8 Å². The van der Waals surface area contributed by atoms with Gasteiger partial charge in [-0.3, -0.25) is 10.2 Å². The summed E-state index contributed by atoms with van der Waals surface area (Å²) in [5.41, 5.74) is 7.07. The summed E-state index contributed by atoms with van der Waals surface area (Å²) < 4.78 is 5.94. The molecule has 1 saturated heterocycles. The van der Waals surface area contributed by atoms with E-state index in [1.54, 1.807) is 0 Å². The van der Waals surface area contributed by atoms with Crippen LogP contribution < -0.4 is 15.6 Å². The van der Waals surface area contributed by atoms with E-state index in [4.69, 9.17) is 4.74 Å². The van der Waals surface area contributed by atoms with E-state index >= 15 is 0 Å². The topological polar surface area (TPSA) is 50.4 Å². The molecule has 0 atom stereocenters. The molecule has 1 heterocycles. The number of carbonyl (C=O) groups excluding carboxylic acids is 1. The fraction of sp³-hybridized carbons (Fsp3) is 0.350. The molecule has 0 spiro atoms. The summed E-state index contributed by atoms with van der Waals surface area (Å²) >= 11 is 0. The van der Waals surface area contributed by atoms with Gasteiger partial charge in [0, 0.05) is 11.1 Å². The molecule has 0 unspecified atom stereocenters. The molecular formula is C20H24N2O2. The van der Waals surface area contributed by atoms with Gasteiger partial charge in [-0.15, -0.1) is 0 Å². The minimum absolute atomic E-state index is 0.0161. The van der Waals surface area contributed by atoms with Crippen LogP contribution in [0, 0.1) is 5.41 Å². The third-order valence-corrected chi connectivity index (χ3v) is 4.52. The summed E-state index contributed by atoms with van der Waals surface area (Å²) in [5.74, 6) is 0.895. The van der Waals surface area contributed by atoms with Crippen LogP contribution in [0.5, 0.6) is 5.75 Å². The Balaban J connectivity index is 2.01. The van der Waals surface area contributed by atoms with Gasteiger partial charge in [0.2, 0.25) is 5.91 Å². The van der Waals surface area contributed by atoms with Gasteiger partial charge in [-0.05, 0) is 43.4 Å². The van der Waals surface area contributed by atoms with Crippen LogP contribution in [0.4, 0.5) is 0 Å². The van der Waals surface area contributed by atoms with Gasteiger partial charge < -0.3 is 10.2 Å². The van der Waals surface area contributed by atoms with Crippen molar-refractivity contribution in [3.63, 3.8) is 0 Å². The van der Waals surface area contributed by atoms with Crippen molar-refractivity contribution in [1.29, 1.82) is 0 Å². The SMILES string of the molecule is CCCCOc1ccc(/C=C2\NNC(=O)C2(C)C)c2ccccc12. The van der Waals surface area contributed by atoms with Crippen LogP contribution in [-0.2, 0) is 4.79 Å². The fourth-order valence-electron chi connectivity index (χ4n) is 2.80. The third kappa shape index (κ3) is 2.96. The van der Waals surface area contributed by atoms with Crippen LogP contribution in [0.1, 0.15) is 39.2 Å². The number of amides is 1. The molecule has 0 aromatic heterocycles. The molecule has 24 heavy (non-hydrogen) atoms. The molecule has 2 aromatic carbocycles. The molecular weight excluding hydrogens is 300 g/mol. The highest BCUT2D eigenvalue weighted by molar-refractivity contribution is 5.96. The largest absolute Gasteiger partial charge is 0.493 e. The number of rotatable bonds is 5. The molecule has 0 saturated carbocycles. The molecule has 1 fully saturated rings. The number of hydrogen-bond donors (Lipinski definition) is 2. The number of hydrazine groups is 1. The van der Waals surface area contributed by atoms with Gasteiger partial charge in [-0.1, -0.05) is 43.7 Å². The number of fused-ring (bicyclic) bond motifs is 1. The molecule has 126 valence electrons. The van der Waals surface area contributed by atoms with Crippen LogP contribution >= 0.6 is 0 Å². The summed E-state index contributed by atoms with van der Waals surface area (Å²) in [4.78, 5) is 11.9. The predicted molar refractivity (Wildman–Crippen MR) is 97.4 cm³/mol. The van der Waals surface area contributed by atoms with Crippen LogP contribution in [-0.4, -0.2) is 12.5 Å². The molecule has 3 rings (SSSR count). The van der Waals surface area contributed by atoms with E-state index in [-0.39, 0.29) is 5.91 Å². The van der Waals surface area contributed by atoms with Crippen molar-refractivity contribution >= 4 is 22.8 Å². The smallest absolute Gasteiger partial charge is 0.249 e. The molecule has 0 bridgehead atoms. The second-order valence-electron chi connectivity index (χ2n) is 6.66.